The molecule has 1 aliphatic rings. The van der Waals surface area contributed by atoms with Crippen molar-refractivity contribution >= 4 is 17.2 Å². The van der Waals surface area contributed by atoms with Gasteiger partial charge in [0.25, 0.3) is 5.56 Å². The number of aryl methyl sites for hydroxylation is 1. The van der Waals surface area contributed by atoms with Crippen LogP contribution in [0.4, 0.5) is 10.1 Å². The fraction of sp³-hybridized carbons (Fsp3) is 0.412. The summed E-state index contributed by atoms with van der Waals surface area (Å²) >= 11 is 0. The molecular formula is C17H19FN2O3. The van der Waals surface area contributed by atoms with Gasteiger partial charge >= 0.3 is 5.97 Å². The minimum Gasteiger partial charge on any atom is -0.477 e. The summed E-state index contributed by atoms with van der Waals surface area (Å²) in [6, 6.07) is 1.47. The zero-order valence-corrected chi connectivity index (χ0v) is 13.4. The monoisotopic (exact) mass is 318 g/mol. The van der Waals surface area contributed by atoms with Gasteiger partial charge in [0.05, 0.1) is 17.4 Å². The summed E-state index contributed by atoms with van der Waals surface area (Å²) in [7, 11) is 1.79. The molecule has 0 saturated heterocycles. The Morgan fingerprint density at radius 2 is 2.13 bits per heavy atom. The minimum absolute atomic E-state index is 0.243. The maximum Gasteiger partial charge on any atom is 0.341 e. The summed E-state index contributed by atoms with van der Waals surface area (Å²) in [4.78, 5) is 25.5. The molecule has 2 aromatic heterocycles. The molecule has 0 spiro atoms. The molecule has 1 saturated carbocycles. The van der Waals surface area contributed by atoms with Crippen LogP contribution in [0.2, 0.25) is 0 Å². The average molecular weight is 318 g/mol. The first-order valence-electron chi connectivity index (χ1n) is 7.69. The summed E-state index contributed by atoms with van der Waals surface area (Å²) < 4.78 is 15.7. The zero-order chi connectivity index (χ0) is 16.9. The van der Waals surface area contributed by atoms with E-state index in [2.05, 4.69) is 0 Å². The molecule has 1 fully saturated rings. The van der Waals surface area contributed by atoms with Gasteiger partial charge in [0, 0.05) is 13.6 Å². The molecule has 122 valence electrons. The molecule has 23 heavy (non-hydrogen) atoms. The highest BCUT2D eigenvalue weighted by Crippen LogP contribution is 2.43. The number of halogens is 1. The SMILES string of the molecule is CCN(C)c1c(F)cn2c(=O)c(C(=O)O)cc(C3CC3)c2c1C. The second-order valence-electron chi connectivity index (χ2n) is 6.08. The number of carboxylic acid groups (broad SMARTS) is 1. The fourth-order valence-corrected chi connectivity index (χ4v) is 3.13. The molecule has 2 aromatic rings. The molecule has 2 heterocycles. The standard InChI is InChI=1S/C17H19FN2O3/c1-4-19(3)15-9(2)14-11(10-5-6-10)7-12(17(22)23)16(21)20(14)8-13(15)18/h7-8,10H,4-6H2,1-3H3,(H,22,23). The molecule has 0 bridgehead atoms. The van der Waals surface area contributed by atoms with Crippen molar-refractivity contribution in [3.8, 4) is 0 Å². The normalized spacial score (nSPS) is 14.3. The molecule has 0 radical (unpaired) electrons. The molecule has 5 nitrogen and oxygen atoms in total. The van der Waals surface area contributed by atoms with E-state index in [1.54, 1.807) is 18.9 Å². The third kappa shape index (κ3) is 2.38. The van der Waals surface area contributed by atoms with Crippen molar-refractivity contribution in [2.45, 2.75) is 32.6 Å². The van der Waals surface area contributed by atoms with E-state index in [0.717, 1.165) is 29.0 Å². The van der Waals surface area contributed by atoms with E-state index in [4.69, 9.17) is 0 Å². The summed E-state index contributed by atoms with van der Waals surface area (Å²) in [6.07, 6.45) is 3.04. The van der Waals surface area contributed by atoms with Crippen molar-refractivity contribution in [1.82, 2.24) is 4.40 Å². The van der Waals surface area contributed by atoms with Gasteiger partial charge in [-0.3, -0.25) is 9.20 Å². The number of rotatable bonds is 4. The van der Waals surface area contributed by atoms with E-state index in [9.17, 15) is 19.1 Å². The maximum absolute atomic E-state index is 14.5. The summed E-state index contributed by atoms with van der Waals surface area (Å²) in [5.74, 6) is -1.56. The van der Waals surface area contributed by atoms with Gasteiger partial charge in [-0.25, -0.2) is 9.18 Å². The molecule has 0 aromatic carbocycles. The Labute approximate surface area is 133 Å². The Kier molecular flexibility index (Phi) is 3.62. The van der Waals surface area contributed by atoms with Crippen LogP contribution in [0.5, 0.6) is 0 Å². The quantitative estimate of drug-likeness (QED) is 0.941. The summed E-state index contributed by atoms with van der Waals surface area (Å²) in [5.41, 5.74) is 1.59. The zero-order valence-electron chi connectivity index (χ0n) is 13.4. The lowest BCUT2D eigenvalue weighted by molar-refractivity contribution is 0.0694. The predicted octanol–water partition coefficient (Wildman–Crippen LogP) is 2.78. The first kappa shape index (κ1) is 15.5. The predicted molar refractivity (Wildman–Crippen MR) is 86.2 cm³/mol. The van der Waals surface area contributed by atoms with Gasteiger partial charge in [-0.1, -0.05) is 0 Å². The minimum atomic E-state index is -1.28. The van der Waals surface area contributed by atoms with Crippen LogP contribution in [0.25, 0.3) is 5.52 Å². The topological polar surface area (TPSA) is 62.0 Å². The van der Waals surface area contributed by atoms with Crippen molar-refractivity contribution in [3.05, 3.63) is 45.1 Å². The number of anilines is 1. The molecule has 1 aliphatic carbocycles. The van der Waals surface area contributed by atoms with Crippen LogP contribution < -0.4 is 10.5 Å². The molecule has 0 atom stereocenters. The number of pyridine rings is 2. The van der Waals surface area contributed by atoms with E-state index in [-0.39, 0.29) is 11.5 Å². The van der Waals surface area contributed by atoms with E-state index in [0.29, 0.717) is 23.3 Å². The number of hydrogen-bond donors (Lipinski definition) is 1. The molecule has 0 amide bonds. The van der Waals surface area contributed by atoms with Gasteiger partial charge in [-0.2, -0.15) is 0 Å². The van der Waals surface area contributed by atoms with Crippen molar-refractivity contribution in [1.29, 1.82) is 0 Å². The smallest absolute Gasteiger partial charge is 0.341 e. The molecule has 3 rings (SSSR count). The van der Waals surface area contributed by atoms with Gasteiger partial charge in [0.2, 0.25) is 0 Å². The van der Waals surface area contributed by atoms with Crippen molar-refractivity contribution in [2.24, 2.45) is 0 Å². The molecular weight excluding hydrogens is 299 g/mol. The maximum atomic E-state index is 14.5. The van der Waals surface area contributed by atoms with E-state index >= 15 is 0 Å². The Bertz CT molecular complexity index is 868. The van der Waals surface area contributed by atoms with E-state index in [1.807, 2.05) is 6.92 Å². The largest absolute Gasteiger partial charge is 0.477 e. The van der Waals surface area contributed by atoms with Gasteiger partial charge in [-0.15, -0.1) is 0 Å². The molecule has 0 aliphatic heterocycles. The fourth-order valence-electron chi connectivity index (χ4n) is 3.13. The number of fused-ring (bicyclic) bond motifs is 1. The van der Waals surface area contributed by atoms with E-state index in [1.165, 1.54) is 6.07 Å². The van der Waals surface area contributed by atoms with E-state index < -0.39 is 17.3 Å². The van der Waals surface area contributed by atoms with Gasteiger partial charge in [-0.05, 0) is 49.8 Å². The highest BCUT2D eigenvalue weighted by molar-refractivity contribution is 5.89. The number of carboxylic acids is 1. The van der Waals surface area contributed by atoms with Gasteiger partial charge < -0.3 is 10.0 Å². The van der Waals surface area contributed by atoms with Crippen LogP contribution in [-0.2, 0) is 0 Å². The van der Waals surface area contributed by atoms with Crippen molar-refractivity contribution < 1.29 is 14.3 Å². The van der Waals surface area contributed by atoms with Crippen LogP contribution in [-0.4, -0.2) is 29.1 Å². The van der Waals surface area contributed by atoms with Crippen LogP contribution in [0.15, 0.2) is 17.1 Å². The highest BCUT2D eigenvalue weighted by Gasteiger charge is 2.30. The lowest BCUT2D eigenvalue weighted by Crippen LogP contribution is -2.26. The van der Waals surface area contributed by atoms with Crippen molar-refractivity contribution in [3.63, 3.8) is 0 Å². The molecule has 1 N–H and O–H groups in total. The van der Waals surface area contributed by atoms with Crippen LogP contribution >= 0.6 is 0 Å². The number of nitrogens with zero attached hydrogens (tertiary/aromatic N) is 2. The second kappa shape index (κ2) is 5.37. The summed E-state index contributed by atoms with van der Waals surface area (Å²) in [5, 5.41) is 9.26. The van der Waals surface area contributed by atoms with Crippen LogP contribution in [0.3, 0.4) is 0 Å². The number of carbonyl (C=O) groups is 1. The first-order chi connectivity index (χ1) is 10.9. The number of aromatic carboxylic acids is 1. The average Bonchev–Trinajstić information content (AvgIpc) is 3.32. The molecule has 6 heteroatoms. The van der Waals surface area contributed by atoms with Gasteiger partial charge in [0.15, 0.2) is 5.82 Å². The van der Waals surface area contributed by atoms with Gasteiger partial charge in [0.1, 0.15) is 5.56 Å². The third-order valence-corrected chi connectivity index (χ3v) is 4.55. The van der Waals surface area contributed by atoms with Crippen LogP contribution in [0, 0.1) is 12.7 Å². The highest BCUT2D eigenvalue weighted by atomic mass is 19.1. The Morgan fingerprint density at radius 3 is 2.65 bits per heavy atom. The second-order valence-corrected chi connectivity index (χ2v) is 6.08. The number of aromatic nitrogens is 1. The van der Waals surface area contributed by atoms with Crippen LogP contribution in [0.1, 0.15) is 47.2 Å². The lowest BCUT2D eigenvalue weighted by Gasteiger charge is -2.23. The van der Waals surface area contributed by atoms with Crippen molar-refractivity contribution in [2.75, 3.05) is 18.5 Å². The Hall–Kier alpha value is -2.37. The Balaban J connectivity index is 2.45. The number of hydrogen-bond acceptors (Lipinski definition) is 3. The third-order valence-electron chi connectivity index (χ3n) is 4.55. The lowest BCUT2D eigenvalue weighted by atomic mass is 10.0. The first-order valence-corrected chi connectivity index (χ1v) is 7.69. The molecule has 0 unspecified atom stereocenters. The Morgan fingerprint density at radius 1 is 1.48 bits per heavy atom. The summed E-state index contributed by atoms with van der Waals surface area (Å²) in [6.45, 7) is 4.33.